The second kappa shape index (κ2) is 14.4. The zero-order chi connectivity index (χ0) is 27.5. The Balaban J connectivity index is 1.91. The van der Waals surface area contributed by atoms with Crippen LogP contribution < -0.4 is 19.5 Å². The van der Waals surface area contributed by atoms with E-state index in [1.807, 2.05) is 68.4 Å². The third-order valence-corrected chi connectivity index (χ3v) is 6.44. The molecular formula is C30H35BrN2O5. The van der Waals surface area contributed by atoms with Crippen LogP contribution in [0, 0.1) is 5.92 Å². The highest BCUT2D eigenvalue weighted by Gasteiger charge is 2.30. The summed E-state index contributed by atoms with van der Waals surface area (Å²) in [6.07, 6.45) is 0.375. The average molecular weight is 584 g/mol. The summed E-state index contributed by atoms with van der Waals surface area (Å²) in [5.74, 6) is 1.30. The van der Waals surface area contributed by atoms with Crippen molar-refractivity contribution in [2.24, 2.45) is 5.92 Å². The predicted octanol–water partition coefficient (Wildman–Crippen LogP) is 5.26. The number of carbonyl (C=O) groups excluding carboxylic acids is 2. The molecule has 0 aromatic heterocycles. The summed E-state index contributed by atoms with van der Waals surface area (Å²) in [6.45, 7) is 4.59. The van der Waals surface area contributed by atoms with Crippen LogP contribution in [0.1, 0.15) is 25.0 Å². The summed E-state index contributed by atoms with van der Waals surface area (Å²) in [5, 5.41) is 3.02. The highest BCUT2D eigenvalue weighted by molar-refractivity contribution is 9.10. The highest BCUT2D eigenvalue weighted by atomic mass is 79.9. The van der Waals surface area contributed by atoms with Gasteiger partial charge < -0.3 is 24.4 Å². The number of methoxy groups -OCH3 is 2. The van der Waals surface area contributed by atoms with Gasteiger partial charge in [-0.2, -0.15) is 0 Å². The maximum Gasteiger partial charge on any atom is 0.261 e. The van der Waals surface area contributed by atoms with Gasteiger partial charge in [0.1, 0.15) is 23.3 Å². The maximum atomic E-state index is 13.7. The van der Waals surface area contributed by atoms with Crippen LogP contribution >= 0.6 is 15.9 Å². The van der Waals surface area contributed by atoms with Crippen molar-refractivity contribution in [3.05, 3.63) is 88.4 Å². The van der Waals surface area contributed by atoms with Crippen molar-refractivity contribution >= 4 is 27.7 Å². The van der Waals surface area contributed by atoms with Crippen LogP contribution in [0.3, 0.4) is 0 Å². The van der Waals surface area contributed by atoms with Gasteiger partial charge in [0.05, 0.1) is 14.2 Å². The quantitative estimate of drug-likeness (QED) is 0.297. The maximum absolute atomic E-state index is 13.7. The lowest BCUT2D eigenvalue weighted by atomic mass is 10.0. The fourth-order valence-corrected chi connectivity index (χ4v) is 4.12. The number of hydrogen-bond donors (Lipinski definition) is 1. The Hall–Kier alpha value is -3.52. The third kappa shape index (κ3) is 8.80. The van der Waals surface area contributed by atoms with Gasteiger partial charge in [-0.1, -0.05) is 72.2 Å². The Morgan fingerprint density at radius 1 is 0.868 bits per heavy atom. The number of benzene rings is 3. The van der Waals surface area contributed by atoms with Crippen molar-refractivity contribution in [2.45, 2.75) is 32.9 Å². The van der Waals surface area contributed by atoms with E-state index in [0.717, 1.165) is 15.6 Å². The summed E-state index contributed by atoms with van der Waals surface area (Å²) < 4.78 is 17.4. The smallest absolute Gasteiger partial charge is 0.261 e. The van der Waals surface area contributed by atoms with Crippen LogP contribution in [0.2, 0.25) is 0 Å². The molecule has 0 aliphatic heterocycles. The first-order valence-corrected chi connectivity index (χ1v) is 13.3. The molecule has 1 N–H and O–H groups in total. The largest absolute Gasteiger partial charge is 0.496 e. The second-order valence-corrected chi connectivity index (χ2v) is 10.2. The van der Waals surface area contributed by atoms with Crippen molar-refractivity contribution in [2.75, 3.05) is 27.4 Å². The van der Waals surface area contributed by atoms with Crippen molar-refractivity contribution in [3.8, 4) is 17.2 Å². The highest BCUT2D eigenvalue weighted by Crippen LogP contribution is 2.27. The molecule has 0 bridgehead atoms. The summed E-state index contributed by atoms with van der Waals surface area (Å²) in [7, 11) is 3.10. The molecule has 0 spiro atoms. The topological polar surface area (TPSA) is 77.1 Å². The molecule has 0 heterocycles. The van der Waals surface area contributed by atoms with Gasteiger partial charge in [-0.3, -0.25) is 9.59 Å². The van der Waals surface area contributed by atoms with Gasteiger partial charge in [0.15, 0.2) is 6.61 Å². The summed E-state index contributed by atoms with van der Waals surface area (Å²) in [5.41, 5.74) is 1.86. The number of nitrogens with zero attached hydrogens (tertiary/aromatic N) is 1. The molecule has 38 heavy (non-hydrogen) atoms. The normalized spacial score (nSPS) is 11.5. The molecule has 2 amide bonds. The van der Waals surface area contributed by atoms with Crippen LogP contribution in [0.5, 0.6) is 17.2 Å². The molecule has 8 heteroatoms. The minimum Gasteiger partial charge on any atom is -0.496 e. The lowest BCUT2D eigenvalue weighted by Gasteiger charge is -2.31. The molecule has 0 aliphatic rings. The number of hydrogen-bond acceptors (Lipinski definition) is 5. The van der Waals surface area contributed by atoms with Gasteiger partial charge >= 0.3 is 0 Å². The van der Waals surface area contributed by atoms with E-state index >= 15 is 0 Å². The van der Waals surface area contributed by atoms with Crippen molar-refractivity contribution in [1.82, 2.24) is 10.2 Å². The lowest BCUT2D eigenvalue weighted by molar-refractivity contribution is -0.142. The Labute approximate surface area is 233 Å². The number of amides is 2. The van der Waals surface area contributed by atoms with E-state index in [0.29, 0.717) is 30.2 Å². The molecular weight excluding hydrogens is 548 g/mol. The average Bonchev–Trinajstić information content (AvgIpc) is 2.93. The van der Waals surface area contributed by atoms with E-state index < -0.39 is 6.04 Å². The molecule has 1 unspecified atom stereocenters. The number of carbonyl (C=O) groups is 2. The van der Waals surface area contributed by atoms with Crippen LogP contribution in [-0.4, -0.2) is 50.1 Å². The van der Waals surface area contributed by atoms with Crippen LogP contribution in [-0.2, 0) is 22.6 Å². The van der Waals surface area contributed by atoms with E-state index in [1.165, 1.54) is 0 Å². The van der Waals surface area contributed by atoms with Crippen LogP contribution in [0.15, 0.2) is 77.3 Å². The van der Waals surface area contributed by atoms with E-state index in [2.05, 4.69) is 21.2 Å². The molecule has 7 nitrogen and oxygen atoms in total. The van der Waals surface area contributed by atoms with Crippen molar-refractivity contribution in [3.63, 3.8) is 0 Å². The van der Waals surface area contributed by atoms with Crippen molar-refractivity contribution in [1.29, 1.82) is 0 Å². The minimum absolute atomic E-state index is 0.198. The Morgan fingerprint density at radius 2 is 1.47 bits per heavy atom. The Bertz CT molecular complexity index is 1160. The van der Waals surface area contributed by atoms with Gasteiger partial charge in [-0.05, 0) is 29.2 Å². The Kier molecular flexibility index (Phi) is 11.0. The van der Waals surface area contributed by atoms with Gasteiger partial charge in [0.2, 0.25) is 5.91 Å². The van der Waals surface area contributed by atoms with E-state index in [1.54, 1.807) is 37.3 Å². The zero-order valence-corrected chi connectivity index (χ0v) is 23.9. The first-order chi connectivity index (χ1) is 18.3. The molecule has 0 saturated heterocycles. The van der Waals surface area contributed by atoms with Gasteiger partial charge in [0, 0.05) is 42.2 Å². The fourth-order valence-electron chi connectivity index (χ4n) is 3.86. The standard InChI is InChI=1S/C30H35BrN2O5/c1-21(2)18-32-30(35)28(14-22-8-6-5-7-9-22)33(19-23-10-12-24(31)13-11-23)29(34)20-38-27-16-25(36-3)15-26(17-27)37-4/h5-13,15-17,21,28H,14,18-20H2,1-4H3,(H,32,35). The van der Waals surface area contributed by atoms with Crippen LogP contribution in [0.25, 0.3) is 0 Å². The predicted molar refractivity (Wildman–Crippen MR) is 152 cm³/mol. The molecule has 3 aromatic carbocycles. The second-order valence-electron chi connectivity index (χ2n) is 9.33. The Morgan fingerprint density at radius 3 is 2.05 bits per heavy atom. The summed E-state index contributed by atoms with van der Waals surface area (Å²) >= 11 is 3.46. The third-order valence-electron chi connectivity index (χ3n) is 5.91. The molecule has 1 atom stereocenters. The van der Waals surface area contributed by atoms with Crippen LogP contribution in [0.4, 0.5) is 0 Å². The first kappa shape index (κ1) is 29.0. The number of halogens is 1. The fraction of sp³-hybridized carbons (Fsp3) is 0.333. The monoisotopic (exact) mass is 582 g/mol. The van der Waals surface area contributed by atoms with E-state index in [-0.39, 0.29) is 30.9 Å². The molecule has 3 aromatic rings. The zero-order valence-electron chi connectivity index (χ0n) is 22.3. The first-order valence-electron chi connectivity index (χ1n) is 12.5. The number of ether oxygens (including phenoxy) is 3. The SMILES string of the molecule is COc1cc(OC)cc(OCC(=O)N(Cc2ccc(Br)cc2)C(Cc2ccccc2)C(=O)NCC(C)C)c1. The minimum atomic E-state index is -0.726. The van der Waals surface area contributed by atoms with E-state index in [9.17, 15) is 9.59 Å². The van der Waals surface area contributed by atoms with Gasteiger partial charge in [-0.25, -0.2) is 0 Å². The summed E-state index contributed by atoms with van der Waals surface area (Å²) in [6, 6.07) is 21.8. The molecule has 0 fully saturated rings. The van der Waals surface area contributed by atoms with E-state index in [4.69, 9.17) is 14.2 Å². The molecule has 0 radical (unpaired) electrons. The molecule has 202 valence electrons. The molecule has 0 aliphatic carbocycles. The van der Waals surface area contributed by atoms with Crippen molar-refractivity contribution < 1.29 is 23.8 Å². The number of nitrogens with one attached hydrogen (secondary N) is 1. The molecule has 0 saturated carbocycles. The lowest BCUT2D eigenvalue weighted by Crippen LogP contribution is -2.52. The summed E-state index contributed by atoms with van der Waals surface area (Å²) in [4.78, 5) is 28.8. The van der Waals surface area contributed by atoms with Gasteiger partial charge in [-0.15, -0.1) is 0 Å². The number of rotatable bonds is 13. The van der Waals surface area contributed by atoms with Gasteiger partial charge in [0.25, 0.3) is 5.91 Å². The molecule has 3 rings (SSSR count).